The summed E-state index contributed by atoms with van der Waals surface area (Å²) in [6.07, 6.45) is 4.46. The molecular weight excluding hydrogens is 336 g/mol. The van der Waals surface area contributed by atoms with Crippen molar-refractivity contribution in [3.05, 3.63) is 30.3 Å². The molecule has 1 saturated carbocycles. The zero-order valence-corrected chi connectivity index (χ0v) is 14.2. The molecule has 0 atom stereocenters. The van der Waals surface area contributed by atoms with Crippen LogP contribution in [-0.4, -0.2) is 31.8 Å². The van der Waals surface area contributed by atoms with Crippen molar-refractivity contribution in [1.82, 2.24) is 20.0 Å². The van der Waals surface area contributed by atoms with Crippen LogP contribution in [-0.2, 0) is 16.1 Å². The van der Waals surface area contributed by atoms with Gasteiger partial charge in [-0.2, -0.15) is 0 Å². The molecule has 4 rings (SSSR count). The van der Waals surface area contributed by atoms with Crippen molar-refractivity contribution in [2.45, 2.75) is 32.7 Å². The number of aryl methyl sites for hydroxylation is 1. The molecule has 2 aromatic heterocycles. The Morgan fingerprint density at radius 3 is 2.92 bits per heavy atom. The van der Waals surface area contributed by atoms with Crippen molar-refractivity contribution in [3.63, 3.8) is 0 Å². The fourth-order valence-corrected chi connectivity index (χ4v) is 2.80. The van der Waals surface area contributed by atoms with Crippen LogP contribution in [0, 0.1) is 12.8 Å². The van der Waals surface area contributed by atoms with Gasteiger partial charge in [0.05, 0.1) is 6.20 Å². The van der Waals surface area contributed by atoms with Gasteiger partial charge in [0.15, 0.2) is 17.3 Å². The molecule has 134 valence electrons. The van der Waals surface area contributed by atoms with Crippen LogP contribution in [0.15, 0.2) is 28.8 Å². The van der Waals surface area contributed by atoms with Crippen molar-refractivity contribution < 1.29 is 14.0 Å². The monoisotopic (exact) mass is 354 g/mol. The fraction of sp³-hybridized carbons (Fsp3) is 0.353. The van der Waals surface area contributed by atoms with Gasteiger partial charge in [0.1, 0.15) is 12.1 Å². The quantitative estimate of drug-likeness (QED) is 0.725. The summed E-state index contributed by atoms with van der Waals surface area (Å²) in [4.78, 5) is 28.3. The minimum Gasteiger partial charge on any atom is -0.441 e. The topological polar surface area (TPSA) is 115 Å². The third kappa shape index (κ3) is 3.41. The summed E-state index contributed by atoms with van der Waals surface area (Å²) in [5, 5.41) is 13.3. The summed E-state index contributed by atoms with van der Waals surface area (Å²) in [6.45, 7) is 1.76. The van der Waals surface area contributed by atoms with Crippen LogP contribution in [0.5, 0.6) is 0 Å². The number of carbonyl (C=O) groups is 2. The summed E-state index contributed by atoms with van der Waals surface area (Å²) in [5.41, 5.74) is 1.97. The summed E-state index contributed by atoms with van der Waals surface area (Å²) in [7, 11) is 0. The molecular formula is C17H18N6O3. The highest BCUT2D eigenvalue weighted by atomic mass is 16.3. The van der Waals surface area contributed by atoms with E-state index >= 15 is 0 Å². The van der Waals surface area contributed by atoms with E-state index in [1.807, 2.05) is 0 Å². The van der Waals surface area contributed by atoms with Crippen LogP contribution in [0.1, 0.15) is 25.2 Å². The Morgan fingerprint density at radius 2 is 2.15 bits per heavy atom. The van der Waals surface area contributed by atoms with E-state index in [2.05, 4.69) is 25.9 Å². The minimum atomic E-state index is -0.258. The maximum Gasteiger partial charge on any atom is 0.246 e. The predicted octanol–water partition coefficient (Wildman–Crippen LogP) is 2.11. The SMILES string of the molecule is Cc1nc2cc(NC(=O)Cn3cc(NC(=O)C4CCC4)nn3)ccc2o1. The largest absolute Gasteiger partial charge is 0.441 e. The van der Waals surface area contributed by atoms with E-state index in [1.54, 1.807) is 31.3 Å². The van der Waals surface area contributed by atoms with Crippen molar-refractivity contribution in [2.24, 2.45) is 5.92 Å². The maximum absolute atomic E-state index is 12.2. The van der Waals surface area contributed by atoms with Gasteiger partial charge in [-0.05, 0) is 31.0 Å². The molecule has 3 aromatic rings. The number of hydrogen-bond acceptors (Lipinski definition) is 6. The van der Waals surface area contributed by atoms with Crippen LogP contribution in [0.2, 0.25) is 0 Å². The summed E-state index contributed by atoms with van der Waals surface area (Å²) in [6, 6.07) is 5.25. The number of carbonyl (C=O) groups excluding carboxylic acids is 2. The molecule has 0 saturated heterocycles. The van der Waals surface area contributed by atoms with Crippen LogP contribution in [0.4, 0.5) is 11.5 Å². The molecule has 9 nitrogen and oxygen atoms in total. The van der Waals surface area contributed by atoms with Crippen molar-refractivity contribution >= 4 is 34.4 Å². The van der Waals surface area contributed by atoms with Gasteiger partial charge in [-0.1, -0.05) is 11.6 Å². The number of nitrogens with one attached hydrogen (secondary N) is 2. The van der Waals surface area contributed by atoms with Gasteiger partial charge in [0, 0.05) is 18.5 Å². The van der Waals surface area contributed by atoms with E-state index < -0.39 is 0 Å². The first-order chi connectivity index (χ1) is 12.6. The Balaban J connectivity index is 1.35. The van der Waals surface area contributed by atoms with E-state index in [9.17, 15) is 9.59 Å². The second-order valence-electron chi connectivity index (χ2n) is 6.38. The van der Waals surface area contributed by atoms with E-state index in [0.717, 1.165) is 19.3 Å². The number of fused-ring (bicyclic) bond motifs is 1. The third-order valence-corrected chi connectivity index (χ3v) is 4.35. The zero-order valence-electron chi connectivity index (χ0n) is 14.2. The molecule has 9 heteroatoms. The van der Waals surface area contributed by atoms with Crippen LogP contribution in [0.25, 0.3) is 11.1 Å². The van der Waals surface area contributed by atoms with Gasteiger partial charge in [-0.15, -0.1) is 5.10 Å². The smallest absolute Gasteiger partial charge is 0.246 e. The predicted molar refractivity (Wildman–Crippen MR) is 93.4 cm³/mol. The molecule has 0 bridgehead atoms. The summed E-state index contributed by atoms with van der Waals surface area (Å²) >= 11 is 0. The first kappa shape index (κ1) is 16.2. The van der Waals surface area contributed by atoms with E-state index in [-0.39, 0.29) is 24.3 Å². The Morgan fingerprint density at radius 1 is 1.31 bits per heavy atom. The molecule has 1 fully saturated rings. The van der Waals surface area contributed by atoms with Crippen molar-refractivity contribution in [2.75, 3.05) is 10.6 Å². The molecule has 0 spiro atoms. The number of nitrogens with zero attached hydrogens (tertiary/aromatic N) is 4. The van der Waals surface area contributed by atoms with Crippen LogP contribution < -0.4 is 10.6 Å². The molecule has 2 amide bonds. The first-order valence-corrected chi connectivity index (χ1v) is 8.45. The first-order valence-electron chi connectivity index (χ1n) is 8.45. The van der Waals surface area contributed by atoms with E-state index in [1.165, 1.54) is 4.68 Å². The lowest BCUT2D eigenvalue weighted by Crippen LogP contribution is -2.28. The van der Waals surface area contributed by atoms with Crippen LogP contribution in [0.3, 0.4) is 0 Å². The average Bonchev–Trinajstić information content (AvgIpc) is 3.10. The zero-order chi connectivity index (χ0) is 18.1. The number of anilines is 2. The van der Waals surface area contributed by atoms with Crippen molar-refractivity contribution in [3.8, 4) is 0 Å². The summed E-state index contributed by atoms with van der Waals surface area (Å²) < 4.78 is 6.79. The normalized spacial score (nSPS) is 14.2. The molecule has 1 aromatic carbocycles. The number of benzene rings is 1. The van der Waals surface area contributed by atoms with Gasteiger partial charge >= 0.3 is 0 Å². The molecule has 26 heavy (non-hydrogen) atoms. The number of oxazole rings is 1. The molecule has 2 N–H and O–H groups in total. The Labute approximate surface area is 148 Å². The van der Waals surface area contributed by atoms with Gasteiger partial charge in [-0.25, -0.2) is 9.67 Å². The lowest BCUT2D eigenvalue weighted by Gasteiger charge is -2.23. The Bertz CT molecular complexity index is 972. The molecule has 0 radical (unpaired) electrons. The summed E-state index contributed by atoms with van der Waals surface area (Å²) in [5.74, 6) is 0.700. The van der Waals surface area contributed by atoms with E-state index in [0.29, 0.717) is 28.5 Å². The highest BCUT2D eigenvalue weighted by Gasteiger charge is 2.25. The minimum absolute atomic E-state index is 0.0117. The van der Waals surface area contributed by atoms with Gasteiger partial charge in [0.2, 0.25) is 11.8 Å². The lowest BCUT2D eigenvalue weighted by atomic mass is 9.85. The van der Waals surface area contributed by atoms with Crippen molar-refractivity contribution in [1.29, 1.82) is 0 Å². The molecule has 2 heterocycles. The number of rotatable bonds is 5. The fourth-order valence-electron chi connectivity index (χ4n) is 2.80. The average molecular weight is 354 g/mol. The highest BCUT2D eigenvalue weighted by molar-refractivity contribution is 5.93. The second kappa shape index (κ2) is 6.58. The number of amides is 2. The second-order valence-corrected chi connectivity index (χ2v) is 6.38. The number of aromatic nitrogens is 4. The standard InChI is InChI=1S/C17H18N6O3/c1-10-18-13-7-12(5-6-14(13)26-10)19-16(24)9-23-8-15(21-22-23)20-17(25)11-3-2-4-11/h5-8,11H,2-4,9H2,1H3,(H,19,24)(H,20,25). The Hall–Kier alpha value is -3.23. The van der Waals surface area contributed by atoms with E-state index in [4.69, 9.17) is 4.42 Å². The van der Waals surface area contributed by atoms with Gasteiger partial charge < -0.3 is 15.1 Å². The molecule has 0 aliphatic heterocycles. The highest BCUT2D eigenvalue weighted by Crippen LogP contribution is 2.27. The maximum atomic E-state index is 12.2. The third-order valence-electron chi connectivity index (χ3n) is 4.35. The molecule has 1 aliphatic carbocycles. The van der Waals surface area contributed by atoms with Gasteiger partial charge in [-0.3, -0.25) is 9.59 Å². The van der Waals surface area contributed by atoms with Gasteiger partial charge in [0.25, 0.3) is 0 Å². The lowest BCUT2D eigenvalue weighted by molar-refractivity contribution is -0.122. The Kier molecular flexibility index (Phi) is 4.11. The van der Waals surface area contributed by atoms with Crippen LogP contribution >= 0.6 is 0 Å². The molecule has 0 unspecified atom stereocenters. The number of hydrogen-bond donors (Lipinski definition) is 2. The molecule has 1 aliphatic rings.